The van der Waals surface area contributed by atoms with Gasteiger partial charge < -0.3 is 10.4 Å². The number of hydrogen-bond acceptors (Lipinski definition) is 2. The molecular formula is C14H18F3NO. The molecular weight excluding hydrogens is 255 g/mol. The van der Waals surface area contributed by atoms with E-state index < -0.39 is 17.5 Å². The smallest absolute Gasteiger partial charge is 0.194 e. The Hall–Kier alpha value is -1.07. The lowest BCUT2D eigenvalue weighted by molar-refractivity contribution is 0.119. The SMILES string of the molecule is OCC1(NCc2cc(F)c(F)c(F)c2)CCCCC1. The fourth-order valence-electron chi connectivity index (χ4n) is 2.62. The Kier molecular flexibility index (Phi) is 4.47. The number of hydrogen-bond donors (Lipinski definition) is 2. The fourth-order valence-corrected chi connectivity index (χ4v) is 2.62. The summed E-state index contributed by atoms with van der Waals surface area (Å²) < 4.78 is 39.0. The maximum atomic E-state index is 13.1. The van der Waals surface area contributed by atoms with E-state index in [-0.39, 0.29) is 18.7 Å². The first-order valence-corrected chi connectivity index (χ1v) is 6.56. The molecule has 0 unspecified atom stereocenters. The number of aliphatic hydroxyl groups excluding tert-OH is 1. The molecule has 1 aromatic carbocycles. The third kappa shape index (κ3) is 3.28. The van der Waals surface area contributed by atoms with Crippen molar-refractivity contribution in [3.8, 4) is 0 Å². The first-order valence-electron chi connectivity index (χ1n) is 6.56. The van der Waals surface area contributed by atoms with Crippen LogP contribution in [0.3, 0.4) is 0 Å². The van der Waals surface area contributed by atoms with E-state index in [1.807, 2.05) is 0 Å². The number of aliphatic hydroxyl groups is 1. The van der Waals surface area contributed by atoms with Crippen molar-refractivity contribution in [1.29, 1.82) is 0 Å². The molecule has 1 aliphatic carbocycles. The summed E-state index contributed by atoms with van der Waals surface area (Å²) in [5.41, 5.74) is -0.0330. The highest BCUT2D eigenvalue weighted by atomic mass is 19.2. The minimum Gasteiger partial charge on any atom is -0.394 e. The molecule has 0 bridgehead atoms. The molecule has 5 heteroatoms. The quantitative estimate of drug-likeness (QED) is 0.827. The third-order valence-electron chi connectivity index (χ3n) is 3.82. The molecule has 0 saturated heterocycles. The molecule has 1 aromatic rings. The summed E-state index contributed by atoms with van der Waals surface area (Å²) in [6.45, 7) is 0.216. The second-order valence-electron chi connectivity index (χ2n) is 5.23. The highest BCUT2D eigenvalue weighted by molar-refractivity contribution is 5.19. The minimum absolute atomic E-state index is 0.000834. The molecule has 0 spiro atoms. The second-order valence-corrected chi connectivity index (χ2v) is 5.23. The molecule has 0 atom stereocenters. The summed E-state index contributed by atoms with van der Waals surface area (Å²) in [4.78, 5) is 0. The van der Waals surface area contributed by atoms with Crippen LogP contribution in [0.25, 0.3) is 0 Å². The van der Waals surface area contributed by atoms with E-state index >= 15 is 0 Å². The van der Waals surface area contributed by atoms with Gasteiger partial charge in [-0.3, -0.25) is 0 Å². The summed E-state index contributed by atoms with van der Waals surface area (Å²) >= 11 is 0. The zero-order chi connectivity index (χ0) is 13.9. The van der Waals surface area contributed by atoms with E-state index in [2.05, 4.69) is 5.32 Å². The van der Waals surface area contributed by atoms with Crippen LogP contribution in [0.15, 0.2) is 12.1 Å². The molecule has 0 aromatic heterocycles. The Morgan fingerprint density at radius 1 is 1.05 bits per heavy atom. The summed E-state index contributed by atoms with van der Waals surface area (Å²) in [6, 6.07) is 1.97. The molecule has 0 radical (unpaired) electrons. The van der Waals surface area contributed by atoms with Gasteiger partial charge in [-0.25, -0.2) is 13.2 Å². The van der Waals surface area contributed by atoms with Crippen molar-refractivity contribution >= 4 is 0 Å². The standard InChI is InChI=1S/C14H18F3NO/c15-11-6-10(7-12(16)13(11)17)8-18-14(9-19)4-2-1-3-5-14/h6-7,18-19H,1-5,8-9H2. The van der Waals surface area contributed by atoms with Gasteiger partial charge in [0.05, 0.1) is 6.61 Å². The van der Waals surface area contributed by atoms with E-state index in [1.165, 1.54) is 0 Å². The van der Waals surface area contributed by atoms with Crippen molar-refractivity contribution in [2.45, 2.75) is 44.2 Å². The molecule has 1 fully saturated rings. The normalized spacial score (nSPS) is 18.5. The predicted molar refractivity (Wildman–Crippen MR) is 66.1 cm³/mol. The third-order valence-corrected chi connectivity index (χ3v) is 3.82. The van der Waals surface area contributed by atoms with Gasteiger partial charge in [0, 0.05) is 12.1 Å². The predicted octanol–water partition coefficient (Wildman–Crippen LogP) is 2.89. The van der Waals surface area contributed by atoms with Crippen LogP contribution in [0, 0.1) is 17.5 Å². The number of nitrogens with one attached hydrogen (secondary N) is 1. The van der Waals surface area contributed by atoms with Gasteiger partial charge in [0.25, 0.3) is 0 Å². The first kappa shape index (κ1) is 14.3. The molecule has 1 saturated carbocycles. The molecule has 19 heavy (non-hydrogen) atoms. The minimum atomic E-state index is -1.45. The van der Waals surface area contributed by atoms with Crippen molar-refractivity contribution < 1.29 is 18.3 Å². The lowest BCUT2D eigenvalue weighted by Crippen LogP contribution is -2.49. The molecule has 1 aliphatic rings. The van der Waals surface area contributed by atoms with Gasteiger partial charge in [-0.05, 0) is 30.5 Å². The Morgan fingerprint density at radius 2 is 1.63 bits per heavy atom. The Labute approximate surface area is 110 Å². The van der Waals surface area contributed by atoms with Crippen LogP contribution in [-0.2, 0) is 6.54 Å². The molecule has 0 aliphatic heterocycles. The average Bonchev–Trinajstić information content (AvgIpc) is 2.43. The van der Waals surface area contributed by atoms with E-state index in [9.17, 15) is 18.3 Å². The van der Waals surface area contributed by atoms with Gasteiger partial charge in [0.1, 0.15) is 0 Å². The van der Waals surface area contributed by atoms with Crippen LogP contribution in [0.1, 0.15) is 37.7 Å². The van der Waals surface area contributed by atoms with Crippen LogP contribution < -0.4 is 5.32 Å². The van der Waals surface area contributed by atoms with Gasteiger partial charge in [-0.1, -0.05) is 19.3 Å². The first-order chi connectivity index (χ1) is 9.06. The van der Waals surface area contributed by atoms with Crippen LogP contribution in [0.4, 0.5) is 13.2 Å². The lowest BCUT2D eigenvalue weighted by Gasteiger charge is -2.36. The van der Waals surface area contributed by atoms with E-state index in [0.717, 1.165) is 44.2 Å². The van der Waals surface area contributed by atoms with E-state index in [0.29, 0.717) is 5.56 Å². The van der Waals surface area contributed by atoms with Gasteiger partial charge >= 0.3 is 0 Å². The van der Waals surface area contributed by atoms with E-state index in [1.54, 1.807) is 0 Å². The van der Waals surface area contributed by atoms with Crippen molar-refractivity contribution in [3.63, 3.8) is 0 Å². The number of rotatable bonds is 4. The molecule has 2 rings (SSSR count). The Bertz CT molecular complexity index is 421. The molecule has 106 valence electrons. The zero-order valence-electron chi connectivity index (χ0n) is 10.7. The average molecular weight is 273 g/mol. The molecule has 0 heterocycles. The summed E-state index contributed by atoms with van der Waals surface area (Å²) in [7, 11) is 0. The van der Waals surface area contributed by atoms with Gasteiger partial charge in [0.2, 0.25) is 0 Å². The highest BCUT2D eigenvalue weighted by Crippen LogP contribution is 2.28. The van der Waals surface area contributed by atoms with E-state index in [4.69, 9.17) is 0 Å². The molecule has 2 N–H and O–H groups in total. The summed E-state index contributed by atoms with van der Waals surface area (Å²) in [5, 5.41) is 12.7. The Morgan fingerprint density at radius 3 is 2.16 bits per heavy atom. The molecule has 2 nitrogen and oxygen atoms in total. The van der Waals surface area contributed by atoms with Crippen molar-refractivity contribution in [3.05, 3.63) is 35.1 Å². The monoisotopic (exact) mass is 273 g/mol. The summed E-state index contributed by atoms with van der Waals surface area (Å²) in [5.74, 6) is -3.81. The van der Waals surface area contributed by atoms with Gasteiger partial charge in [-0.2, -0.15) is 0 Å². The lowest BCUT2D eigenvalue weighted by atomic mass is 9.82. The number of benzene rings is 1. The van der Waals surface area contributed by atoms with Crippen molar-refractivity contribution in [2.75, 3.05) is 6.61 Å². The van der Waals surface area contributed by atoms with Gasteiger partial charge in [-0.15, -0.1) is 0 Å². The largest absolute Gasteiger partial charge is 0.394 e. The van der Waals surface area contributed by atoms with Crippen LogP contribution >= 0.6 is 0 Å². The Balaban J connectivity index is 2.05. The van der Waals surface area contributed by atoms with Crippen molar-refractivity contribution in [1.82, 2.24) is 5.32 Å². The van der Waals surface area contributed by atoms with Crippen molar-refractivity contribution in [2.24, 2.45) is 0 Å². The van der Waals surface area contributed by atoms with Crippen LogP contribution in [0.5, 0.6) is 0 Å². The maximum Gasteiger partial charge on any atom is 0.194 e. The fraction of sp³-hybridized carbons (Fsp3) is 0.571. The van der Waals surface area contributed by atoms with Gasteiger partial charge in [0.15, 0.2) is 17.5 Å². The topological polar surface area (TPSA) is 32.3 Å². The number of halogens is 3. The molecule has 0 amide bonds. The van der Waals surface area contributed by atoms with Crippen LogP contribution in [0.2, 0.25) is 0 Å². The van der Waals surface area contributed by atoms with Crippen LogP contribution in [-0.4, -0.2) is 17.3 Å². The summed E-state index contributed by atoms with van der Waals surface area (Å²) in [6.07, 6.45) is 4.88. The zero-order valence-corrected chi connectivity index (χ0v) is 10.7. The second kappa shape index (κ2) is 5.92. The highest BCUT2D eigenvalue weighted by Gasteiger charge is 2.30. The maximum absolute atomic E-state index is 13.1.